The number of thiophene rings is 1. The van der Waals surface area contributed by atoms with Crippen LogP contribution in [-0.2, 0) is 38.5 Å². The average Bonchev–Trinajstić information content (AvgIpc) is 3.47. The van der Waals surface area contributed by atoms with Crippen molar-refractivity contribution in [1.82, 2.24) is 15.3 Å². The summed E-state index contributed by atoms with van der Waals surface area (Å²) in [5, 5.41) is 7.64. The van der Waals surface area contributed by atoms with Crippen molar-refractivity contribution in [3.8, 4) is 5.00 Å². The van der Waals surface area contributed by atoms with E-state index in [1.807, 2.05) is 57.2 Å². The fourth-order valence-corrected chi connectivity index (χ4v) is 6.59. The van der Waals surface area contributed by atoms with E-state index in [2.05, 4.69) is 20.4 Å². The molecule has 0 saturated carbocycles. The summed E-state index contributed by atoms with van der Waals surface area (Å²) in [6.07, 6.45) is 4.82. The van der Waals surface area contributed by atoms with Crippen LogP contribution in [0.15, 0.2) is 41.5 Å². The lowest BCUT2D eigenvalue weighted by Crippen LogP contribution is -2.49. The number of aromatic nitrogens is 1. The molecule has 0 radical (unpaired) electrons. The molecule has 0 aliphatic heterocycles. The van der Waals surface area contributed by atoms with Gasteiger partial charge in [0, 0.05) is 21.8 Å². The zero-order valence-electron chi connectivity index (χ0n) is 26.3. The molecule has 1 aliphatic carbocycles. The lowest BCUT2D eigenvalue weighted by Gasteiger charge is -2.22. The van der Waals surface area contributed by atoms with Gasteiger partial charge in [-0.25, -0.2) is 15.0 Å². The normalized spacial score (nSPS) is 13.8. The highest BCUT2D eigenvalue weighted by atomic mass is 32.1. The van der Waals surface area contributed by atoms with Crippen LogP contribution in [0, 0.1) is 13.8 Å². The van der Waals surface area contributed by atoms with Crippen molar-refractivity contribution in [2.75, 3.05) is 13.2 Å². The molecule has 44 heavy (non-hydrogen) atoms. The molecule has 1 aliphatic rings. The number of hydrogen-bond donors (Lipinski definition) is 2. The Morgan fingerprint density at radius 2 is 1.84 bits per heavy atom. The van der Waals surface area contributed by atoms with Gasteiger partial charge in [-0.05, 0) is 84.4 Å². The summed E-state index contributed by atoms with van der Waals surface area (Å²) in [5.41, 5.74) is 7.07. The SMILES string of the molecule is CCOC(=O)c1c(-n2c(C)cc(/C=N\NC(=O)[C@H](COCc3ccccc3)NC(=O)OC(C)(C)C)c2C)sc2c1CCCC2. The molecule has 2 aromatic heterocycles. The molecule has 1 aromatic carbocycles. The smallest absolute Gasteiger partial charge is 0.408 e. The van der Waals surface area contributed by atoms with Crippen LogP contribution in [0.3, 0.4) is 0 Å². The first-order valence-corrected chi connectivity index (χ1v) is 15.7. The van der Waals surface area contributed by atoms with Crippen molar-refractivity contribution in [3.05, 3.63) is 74.9 Å². The lowest BCUT2D eigenvalue weighted by molar-refractivity contribution is -0.124. The number of hydrogen-bond acceptors (Lipinski definition) is 8. The minimum absolute atomic E-state index is 0.0797. The Kier molecular flexibility index (Phi) is 11.0. The molecule has 0 saturated heterocycles. The van der Waals surface area contributed by atoms with Gasteiger partial charge >= 0.3 is 12.1 Å². The lowest BCUT2D eigenvalue weighted by atomic mass is 9.95. The second-order valence-electron chi connectivity index (χ2n) is 11.7. The van der Waals surface area contributed by atoms with Gasteiger partial charge in [-0.2, -0.15) is 5.10 Å². The molecule has 0 bridgehead atoms. The maximum Gasteiger partial charge on any atom is 0.408 e. The number of carbonyl (C=O) groups is 3. The Hall–Kier alpha value is -3.96. The van der Waals surface area contributed by atoms with Crippen LogP contribution in [0.1, 0.15) is 83.8 Å². The van der Waals surface area contributed by atoms with Crippen LogP contribution in [-0.4, -0.2) is 53.6 Å². The Morgan fingerprint density at radius 3 is 2.55 bits per heavy atom. The molecule has 10 nitrogen and oxygen atoms in total. The van der Waals surface area contributed by atoms with Crippen molar-refractivity contribution >= 4 is 35.5 Å². The summed E-state index contributed by atoms with van der Waals surface area (Å²) in [7, 11) is 0. The second-order valence-corrected chi connectivity index (χ2v) is 12.8. The van der Waals surface area contributed by atoms with Crippen LogP contribution >= 0.6 is 11.3 Å². The Morgan fingerprint density at radius 1 is 1.11 bits per heavy atom. The zero-order valence-corrected chi connectivity index (χ0v) is 27.1. The number of aryl methyl sites for hydroxylation is 2. The monoisotopic (exact) mass is 622 g/mol. The fourth-order valence-electron chi connectivity index (χ4n) is 5.10. The first kappa shape index (κ1) is 32.9. The van der Waals surface area contributed by atoms with E-state index >= 15 is 0 Å². The number of benzene rings is 1. The van der Waals surface area contributed by atoms with Gasteiger partial charge in [0.1, 0.15) is 16.6 Å². The maximum absolute atomic E-state index is 13.1. The fraction of sp³-hybridized carbons (Fsp3) is 0.455. The number of alkyl carbamates (subject to hydrolysis) is 1. The second kappa shape index (κ2) is 14.7. The van der Waals surface area contributed by atoms with Crippen LogP contribution in [0.4, 0.5) is 4.79 Å². The number of ether oxygens (including phenoxy) is 3. The molecular formula is C33H42N4O6S. The Balaban J connectivity index is 1.50. The highest BCUT2D eigenvalue weighted by molar-refractivity contribution is 7.15. The van der Waals surface area contributed by atoms with Crippen molar-refractivity contribution < 1.29 is 28.6 Å². The molecule has 0 unspecified atom stereocenters. The highest BCUT2D eigenvalue weighted by Crippen LogP contribution is 2.39. The van der Waals surface area contributed by atoms with Gasteiger partial charge in [0.2, 0.25) is 0 Å². The molecular weight excluding hydrogens is 580 g/mol. The summed E-state index contributed by atoms with van der Waals surface area (Å²) >= 11 is 1.64. The number of carbonyl (C=O) groups excluding carboxylic acids is 3. The average molecular weight is 623 g/mol. The van der Waals surface area contributed by atoms with E-state index in [1.54, 1.807) is 38.3 Å². The summed E-state index contributed by atoms with van der Waals surface area (Å²) in [6.45, 7) is 11.5. The molecule has 1 atom stereocenters. The number of esters is 1. The summed E-state index contributed by atoms with van der Waals surface area (Å²) in [6, 6.07) is 10.5. The third-order valence-electron chi connectivity index (χ3n) is 7.09. The van der Waals surface area contributed by atoms with E-state index in [-0.39, 0.29) is 19.2 Å². The Labute approximate surface area is 262 Å². The third kappa shape index (κ3) is 8.35. The van der Waals surface area contributed by atoms with Gasteiger partial charge < -0.3 is 24.1 Å². The van der Waals surface area contributed by atoms with Crippen LogP contribution < -0.4 is 10.7 Å². The molecule has 2 N–H and O–H groups in total. The summed E-state index contributed by atoms with van der Waals surface area (Å²) in [5.74, 6) is -0.848. The molecule has 11 heteroatoms. The summed E-state index contributed by atoms with van der Waals surface area (Å²) in [4.78, 5) is 39.9. The number of rotatable bonds is 11. The number of nitrogens with zero attached hydrogens (tertiary/aromatic N) is 2. The molecule has 2 amide bonds. The van der Waals surface area contributed by atoms with E-state index in [0.717, 1.165) is 58.8 Å². The molecule has 0 spiro atoms. The first-order valence-electron chi connectivity index (χ1n) is 14.9. The third-order valence-corrected chi connectivity index (χ3v) is 8.36. The Bertz CT molecular complexity index is 1500. The largest absolute Gasteiger partial charge is 0.462 e. The number of nitrogens with one attached hydrogen (secondary N) is 2. The minimum Gasteiger partial charge on any atom is -0.462 e. The predicted molar refractivity (Wildman–Crippen MR) is 171 cm³/mol. The molecule has 2 heterocycles. The van der Waals surface area contributed by atoms with Gasteiger partial charge in [0.15, 0.2) is 0 Å². The van der Waals surface area contributed by atoms with Crippen molar-refractivity contribution in [2.24, 2.45) is 5.10 Å². The minimum atomic E-state index is -1.04. The highest BCUT2D eigenvalue weighted by Gasteiger charge is 2.29. The van der Waals surface area contributed by atoms with Gasteiger partial charge in [-0.15, -0.1) is 11.3 Å². The van der Waals surface area contributed by atoms with Gasteiger partial charge in [0.25, 0.3) is 5.91 Å². The van der Waals surface area contributed by atoms with Gasteiger partial charge in [0.05, 0.1) is 31.6 Å². The van der Waals surface area contributed by atoms with E-state index in [1.165, 1.54) is 4.88 Å². The van der Waals surface area contributed by atoms with E-state index in [0.29, 0.717) is 12.2 Å². The predicted octanol–water partition coefficient (Wildman–Crippen LogP) is 5.77. The van der Waals surface area contributed by atoms with E-state index in [9.17, 15) is 14.4 Å². The standard InChI is InChI=1S/C33H42N4O6S/c1-7-42-31(39)28-25-15-11-12-16-27(25)44-30(28)37-21(2)17-24(22(37)3)18-34-36-29(38)26(35-32(40)43-33(4,5)6)20-41-19-23-13-9-8-10-14-23/h8-10,13-14,17-18,26H,7,11-12,15-16,19-20H2,1-6H3,(H,35,40)(H,36,38)/b34-18-/t26-/m0/s1. The van der Waals surface area contributed by atoms with Crippen molar-refractivity contribution in [1.29, 1.82) is 0 Å². The summed E-state index contributed by atoms with van der Waals surface area (Å²) < 4.78 is 18.6. The van der Waals surface area contributed by atoms with Gasteiger partial charge in [-0.3, -0.25) is 4.79 Å². The van der Waals surface area contributed by atoms with E-state index in [4.69, 9.17) is 14.2 Å². The molecule has 3 aromatic rings. The van der Waals surface area contributed by atoms with E-state index < -0.39 is 23.6 Å². The molecule has 0 fully saturated rings. The van der Waals surface area contributed by atoms with Crippen LogP contribution in [0.5, 0.6) is 0 Å². The molecule has 236 valence electrons. The number of hydrazone groups is 1. The van der Waals surface area contributed by atoms with Crippen LogP contribution in [0.2, 0.25) is 0 Å². The molecule has 4 rings (SSSR count). The number of fused-ring (bicyclic) bond motifs is 1. The zero-order chi connectivity index (χ0) is 31.9. The first-order chi connectivity index (χ1) is 21.0. The van der Waals surface area contributed by atoms with Crippen LogP contribution in [0.25, 0.3) is 5.00 Å². The topological polar surface area (TPSA) is 120 Å². The van der Waals surface area contributed by atoms with Crippen molar-refractivity contribution in [3.63, 3.8) is 0 Å². The quantitative estimate of drug-likeness (QED) is 0.159. The van der Waals surface area contributed by atoms with Gasteiger partial charge in [-0.1, -0.05) is 30.3 Å². The number of amides is 2. The van der Waals surface area contributed by atoms with Crippen molar-refractivity contribution in [2.45, 2.75) is 85.5 Å². The maximum atomic E-state index is 13.1.